The van der Waals surface area contributed by atoms with Gasteiger partial charge in [0.25, 0.3) is 5.91 Å². The highest BCUT2D eigenvalue weighted by molar-refractivity contribution is 5.96. The van der Waals surface area contributed by atoms with Crippen LogP contribution in [-0.4, -0.2) is 59.0 Å². The van der Waals surface area contributed by atoms with Gasteiger partial charge in [0.1, 0.15) is 5.75 Å². The quantitative estimate of drug-likeness (QED) is 0.890. The van der Waals surface area contributed by atoms with E-state index in [1.165, 1.54) is 38.1 Å². The van der Waals surface area contributed by atoms with E-state index in [9.17, 15) is 9.90 Å². The molecule has 0 aromatic carbocycles. The fourth-order valence-corrected chi connectivity index (χ4v) is 2.71. The Hall–Kier alpha value is -1.62. The van der Waals surface area contributed by atoms with E-state index in [-0.39, 0.29) is 11.7 Å². The Balaban J connectivity index is 1.86. The predicted molar refractivity (Wildman–Crippen MR) is 77.7 cm³/mol. The number of pyridine rings is 1. The maximum Gasteiger partial charge on any atom is 0.257 e. The Morgan fingerprint density at radius 2 is 2.05 bits per heavy atom. The van der Waals surface area contributed by atoms with E-state index in [1.54, 1.807) is 18.0 Å². The number of rotatable bonds is 5. The van der Waals surface area contributed by atoms with Gasteiger partial charge in [-0.3, -0.25) is 9.78 Å². The van der Waals surface area contributed by atoms with Crippen LogP contribution in [0.25, 0.3) is 0 Å². The SMILES string of the molecule is CN(CCN(C)C1CCCC1)C(=O)c1ccncc1O. The van der Waals surface area contributed by atoms with Crippen LogP contribution in [0, 0.1) is 0 Å². The normalized spacial score (nSPS) is 15.8. The van der Waals surface area contributed by atoms with Gasteiger partial charge in [-0.05, 0) is 26.0 Å². The molecular formula is C15H23N3O2. The first-order valence-corrected chi connectivity index (χ1v) is 7.18. The third kappa shape index (κ3) is 3.48. The standard InChI is InChI=1S/C15H23N3O2/c1-17(12-5-3-4-6-12)9-10-18(2)15(20)13-7-8-16-11-14(13)19/h7-8,11-12,19H,3-6,9-10H2,1-2H3. The summed E-state index contributed by atoms with van der Waals surface area (Å²) in [5.41, 5.74) is 0.311. The van der Waals surface area contributed by atoms with Crippen molar-refractivity contribution in [2.75, 3.05) is 27.2 Å². The van der Waals surface area contributed by atoms with Crippen molar-refractivity contribution in [1.82, 2.24) is 14.8 Å². The molecule has 1 saturated carbocycles. The van der Waals surface area contributed by atoms with Gasteiger partial charge < -0.3 is 14.9 Å². The molecule has 0 aliphatic heterocycles. The number of carbonyl (C=O) groups excluding carboxylic acids is 1. The van der Waals surface area contributed by atoms with Gasteiger partial charge in [0, 0.05) is 32.4 Å². The summed E-state index contributed by atoms with van der Waals surface area (Å²) in [6.07, 6.45) is 7.97. The molecule has 0 atom stereocenters. The molecule has 1 aromatic rings. The van der Waals surface area contributed by atoms with Crippen molar-refractivity contribution in [3.05, 3.63) is 24.0 Å². The van der Waals surface area contributed by atoms with Crippen molar-refractivity contribution in [2.24, 2.45) is 0 Å². The molecule has 1 fully saturated rings. The summed E-state index contributed by atoms with van der Waals surface area (Å²) in [4.78, 5) is 20.0. The van der Waals surface area contributed by atoms with Gasteiger partial charge >= 0.3 is 0 Å². The topological polar surface area (TPSA) is 56.7 Å². The summed E-state index contributed by atoms with van der Waals surface area (Å²) in [7, 11) is 3.89. The van der Waals surface area contributed by atoms with Crippen LogP contribution in [-0.2, 0) is 0 Å². The molecule has 1 amide bonds. The highest BCUT2D eigenvalue weighted by Crippen LogP contribution is 2.22. The summed E-state index contributed by atoms with van der Waals surface area (Å²) >= 11 is 0. The van der Waals surface area contributed by atoms with Gasteiger partial charge in [-0.25, -0.2) is 0 Å². The lowest BCUT2D eigenvalue weighted by Gasteiger charge is -2.26. The number of nitrogens with zero attached hydrogens (tertiary/aromatic N) is 3. The van der Waals surface area contributed by atoms with E-state index in [1.807, 2.05) is 0 Å². The highest BCUT2D eigenvalue weighted by atomic mass is 16.3. The zero-order valence-electron chi connectivity index (χ0n) is 12.2. The second-order valence-electron chi connectivity index (χ2n) is 5.54. The first kappa shape index (κ1) is 14.8. The van der Waals surface area contributed by atoms with Gasteiger partial charge in [0.2, 0.25) is 0 Å². The number of carbonyl (C=O) groups is 1. The Morgan fingerprint density at radius 3 is 2.70 bits per heavy atom. The lowest BCUT2D eigenvalue weighted by Crippen LogP contribution is -2.38. The van der Waals surface area contributed by atoms with Crippen molar-refractivity contribution < 1.29 is 9.90 Å². The molecule has 0 spiro atoms. The zero-order valence-corrected chi connectivity index (χ0v) is 12.2. The Kier molecular flexibility index (Phi) is 4.95. The Bertz CT molecular complexity index is 458. The maximum absolute atomic E-state index is 12.2. The molecule has 0 unspecified atom stereocenters. The fraction of sp³-hybridized carbons (Fsp3) is 0.600. The summed E-state index contributed by atoms with van der Waals surface area (Å²) in [6.45, 7) is 1.52. The number of hydrogen-bond donors (Lipinski definition) is 1. The van der Waals surface area contributed by atoms with Crippen LogP contribution >= 0.6 is 0 Å². The van der Waals surface area contributed by atoms with Crippen LogP contribution in [0.5, 0.6) is 5.75 Å². The molecule has 1 N–H and O–H groups in total. The molecule has 0 radical (unpaired) electrons. The molecule has 20 heavy (non-hydrogen) atoms. The van der Waals surface area contributed by atoms with Crippen molar-refractivity contribution in [1.29, 1.82) is 0 Å². The van der Waals surface area contributed by atoms with E-state index in [0.717, 1.165) is 6.54 Å². The van der Waals surface area contributed by atoms with Gasteiger partial charge in [-0.1, -0.05) is 12.8 Å². The number of likely N-dealkylation sites (N-methyl/N-ethyl adjacent to an activating group) is 2. The third-order valence-corrected chi connectivity index (χ3v) is 4.11. The highest BCUT2D eigenvalue weighted by Gasteiger charge is 2.21. The van der Waals surface area contributed by atoms with Crippen molar-refractivity contribution >= 4 is 5.91 Å². The second-order valence-corrected chi connectivity index (χ2v) is 5.54. The summed E-state index contributed by atoms with van der Waals surface area (Å²) < 4.78 is 0. The number of hydrogen-bond acceptors (Lipinski definition) is 4. The molecule has 110 valence electrons. The fourth-order valence-electron chi connectivity index (χ4n) is 2.71. The lowest BCUT2D eigenvalue weighted by molar-refractivity contribution is 0.0771. The van der Waals surface area contributed by atoms with Gasteiger partial charge in [0.05, 0.1) is 11.8 Å². The first-order chi connectivity index (χ1) is 9.59. The summed E-state index contributed by atoms with van der Waals surface area (Å²) in [6, 6.07) is 2.21. The zero-order chi connectivity index (χ0) is 14.5. The average molecular weight is 277 g/mol. The Labute approximate surface area is 120 Å². The number of amides is 1. The molecule has 1 aliphatic carbocycles. The van der Waals surface area contributed by atoms with Gasteiger partial charge in [-0.15, -0.1) is 0 Å². The van der Waals surface area contributed by atoms with Gasteiger partial charge in [0.15, 0.2) is 0 Å². The van der Waals surface area contributed by atoms with Crippen LogP contribution < -0.4 is 0 Å². The Morgan fingerprint density at radius 1 is 1.35 bits per heavy atom. The minimum Gasteiger partial charge on any atom is -0.505 e. The molecule has 1 aromatic heterocycles. The third-order valence-electron chi connectivity index (χ3n) is 4.11. The van der Waals surface area contributed by atoms with Crippen LogP contribution in [0.4, 0.5) is 0 Å². The number of aromatic nitrogens is 1. The molecule has 5 heteroatoms. The molecule has 0 saturated heterocycles. The summed E-state index contributed by atoms with van der Waals surface area (Å²) in [5.74, 6) is -0.224. The van der Waals surface area contributed by atoms with Crippen molar-refractivity contribution in [2.45, 2.75) is 31.7 Å². The monoisotopic (exact) mass is 277 g/mol. The van der Waals surface area contributed by atoms with E-state index in [4.69, 9.17) is 0 Å². The maximum atomic E-state index is 12.2. The minimum atomic E-state index is -0.162. The van der Waals surface area contributed by atoms with Crippen LogP contribution in [0.2, 0.25) is 0 Å². The lowest BCUT2D eigenvalue weighted by atomic mass is 10.2. The van der Waals surface area contributed by atoms with Crippen LogP contribution in [0.3, 0.4) is 0 Å². The average Bonchev–Trinajstić information content (AvgIpc) is 2.98. The van der Waals surface area contributed by atoms with E-state index in [2.05, 4.69) is 16.9 Å². The summed E-state index contributed by atoms with van der Waals surface area (Å²) in [5, 5.41) is 9.66. The molecule has 1 heterocycles. The largest absolute Gasteiger partial charge is 0.505 e. The predicted octanol–water partition coefficient (Wildman–Crippen LogP) is 1.73. The molecule has 0 bridgehead atoms. The second kappa shape index (κ2) is 6.70. The molecule has 2 rings (SSSR count). The minimum absolute atomic E-state index is 0.0616. The molecule has 1 aliphatic rings. The van der Waals surface area contributed by atoms with E-state index in [0.29, 0.717) is 18.2 Å². The van der Waals surface area contributed by atoms with Crippen molar-refractivity contribution in [3.8, 4) is 5.75 Å². The molecule has 5 nitrogen and oxygen atoms in total. The number of aromatic hydroxyl groups is 1. The van der Waals surface area contributed by atoms with Crippen LogP contribution in [0.15, 0.2) is 18.5 Å². The molecular weight excluding hydrogens is 254 g/mol. The van der Waals surface area contributed by atoms with Crippen molar-refractivity contribution in [3.63, 3.8) is 0 Å². The van der Waals surface area contributed by atoms with Crippen LogP contribution in [0.1, 0.15) is 36.0 Å². The first-order valence-electron chi connectivity index (χ1n) is 7.18. The van der Waals surface area contributed by atoms with E-state index < -0.39 is 0 Å². The van der Waals surface area contributed by atoms with Gasteiger partial charge in [-0.2, -0.15) is 0 Å². The smallest absolute Gasteiger partial charge is 0.257 e. The van der Waals surface area contributed by atoms with E-state index >= 15 is 0 Å².